The Labute approximate surface area is 185 Å². The minimum absolute atomic E-state index is 0.0709. The van der Waals surface area contributed by atoms with E-state index in [1.165, 1.54) is 11.0 Å². The van der Waals surface area contributed by atoms with Gasteiger partial charge in [-0.3, -0.25) is 4.79 Å². The van der Waals surface area contributed by atoms with Crippen LogP contribution in [-0.2, 0) is 21.0 Å². The number of nitrogens with zero attached hydrogens (tertiary/aromatic N) is 2. The molecule has 2 aromatic rings. The van der Waals surface area contributed by atoms with E-state index < -0.39 is 26.7 Å². The molecule has 1 saturated heterocycles. The van der Waals surface area contributed by atoms with Gasteiger partial charge in [-0.25, -0.2) is 8.42 Å². The normalized spacial score (nSPS) is 15.8. The lowest BCUT2D eigenvalue weighted by atomic mass is 10.0. The summed E-state index contributed by atoms with van der Waals surface area (Å²) in [5, 5.41) is 0. The standard InChI is InChI=1S/C22H25F3N2O4S/c1-16(2)17-7-3-5-9-19(17)31-15-21(28)26-11-13-27(14-12-26)32(29,30)20-10-6-4-8-18(20)22(23,24)25/h3-10,16H,11-15H2,1-2H3. The van der Waals surface area contributed by atoms with Gasteiger partial charge in [0.1, 0.15) is 5.75 Å². The van der Waals surface area contributed by atoms with Crippen LogP contribution in [0.15, 0.2) is 53.4 Å². The van der Waals surface area contributed by atoms with Gasteiger partial charge in [0.2, 0.25) is 10.0 Å². The zero-order valence-electron chi connectivity index (χ0n) is 17.8. The van der Waals surface area contributed by atoms with Gasteiger partial charge in [-0.05, 0) is 29.7 Å². The molecule has 174 valence electrons. The molecule has 0 aromatic heterocycles. The molecule has 0 aliphatic carbocycles. The zero-order chi connectivity index (χ0) is 23.5. The van der Waals surface area contributed by atoms with Gasteiger partial charge in [-0.2, -0.15) is 17.5 Å². The highest BCUT2D eigenvalue weighted by molar-refractivity contribution is 7.89. The van der Waals surface area contributed by atoms with E-state index in [4.69, 9.17) is 4.74 Å². The first-order valence-electron chi connectivity index (χ1n) is 10.2. The number of para-hydroxylation sites is 1. The van der Waals surface area contributed by atoms with E-state index in [2.05, 4.69) is 0 Å². The maximum Gasteiger partial charge on any atom is 0.417 e. The predicted octanol–water partition coefficient (Wildman–Crippen LogP) is 3.74. The Balaban J connectivity index is 1.64. The molecule has 3 rings (SSSR count). The number of halogens is 3. The van der Waals surface area contributed by atoms with Crippen molar-refractivity contribution in [2.75, 3.05) is 32.8 Å². The second kappa shape index (κ2) is 9.50. The monoisotopic (exact) mass is 470 g/mol. The number of amides is 1. The number of benzene rings is 2. The van der Waals surface area contributed by atoms with Gasteiger partial charge in [0.05, 0.1) is 10.5 Å². The maximum absolute atomic E-state index is 13.3. The van der Waals surface area contributed by atoms with E-state index >= 15 is 0 Å². The molecule has 0 atom stereocenters. The van der Waals surface area contributed by atoms with Crippen molar-refractivity contribution in [3.8, 4) is 5.75 Å². The summed E-state index contributed by atoms with van der Waals surface area (Å²) in [6, 6.07) is 11.5. The molecular formula is C22H25F3N2O4S. The Bertz CT molecular complexity index is 1060. The third-order valence-corrected chi connectivity index (χ3v) is 7.25. The van der Waals surface area contributed by atoms with Crippen molar-refractivity contribution in [2.24, 2.45) is 0 Å². The summed E-state index contributed by atoms with van der Waals surface area (Å²) in [6.45, 7) is 3.78. The summed E-state index contributed by atoms with van der Waals surface area (Å²) >= 11 is 0. The zero-order valence-corrected chi connectivity index (χ0v) is 18.6. The molecule has 1 fully saturated rings. The highest BCUT2D eigenvalue weighted by atomic mass is 32.2. The van der Waals surface area contributed by atoms with Crippen molar-refractivity contribution < 1.29 is 31.1 Å². The van der Waals surface area contributed by atoms with E-state index in [1.54, 1.807) is 6.07 Å². The number of rotatable bonds is 6. The summed E-state index contributed by atoms with van der Waals surface area (Å²) in [5.74, 6) is 0.520. The van der Waals surface area contributed by atoms with Crippen molar-refractivity contribution in [2.45, 2.75) is 30.8 Å². The van der Waals surface area contributed by atoms with Gasteiger partial charge >= 0.3 is 6.18 Å². The number of carbonyl (C=O) groups is 1. The molecule has 0 saturated carbocycles. The Morgan fingerprint density at radius 2 is 1.59 bits per heavy atom. The number of piperazine rings is 1. The van der Waals surface area contributed by atoms with Crippen LogP contribution in [-0.4, -0.2) is 56.3 Å². The molecule has 1 aliphatic rings. The van der Waals surface area contributed by atoms with Gasteiger partial charge in [0, 0.05) is 26.2 Å². The molecule has 1 heterocycles. The predicted molar refractivity (Wildman–Crippen MR) is 113 cm³/mol. The number of carbonyl (C=O) groups excluding carboxylic acids is 1. The highest BCUT2D eigenvalue weighted by Gasteiger charge is 2.39. The Hall–Kier alpha value is -2.59. The van der Waals surface area contributed by atoms with Crippen molar-refractivity contribution in [3.05, 3.63) is 59.7 Å². The van der Waals surface area contributed by atoms with Crippen LogP contribution >= 0.6 is 0 Å². The summed E-state index contributed by atoms with van der Waals surface area (Å²) in [6.07, 6.45) is -4.79. The summed E-state index contributed by atoms with van der Waals surface area (Å²) < 4.78 is 72.1. The van der Waals surface area contributed by atoms with E-state index in [0.29, 0.717) is 5.75 Å². The van der Waals surface area contributed by atoms with Gasteiger partial charge in [0.25, 0.3) is 5.91 Å². The van der Waals surface area contributed by atoms with E-state index in [-0.39, 0.29) is 44.6 Å². The lowest BCUT2D eigenvalue weighted by molar-refractivity contribution is -0.139. The van der Waals surface area contributed by atoms with Crippen molar-refractivity contribution >= 4 is 15.9 Å². The van der Waals surface area contributed by atoms with Gasteiger partial charge < -0.3 is 9.64 Å². The van der Waals surface area contributed by atoms with Crippen LogP contribution in [0, 0.1) is 0 Å². The Kier molecular flexibility index (Phi) is 7.14. The van der Waals surface area contributed by atoms with Crippen LogP contribution < -0.4 is 4.74 Å². The number of sulfonamides is 1. The summed E-state index contributed by atoms with van der Waals surface area (Å²) in [5.41, 5.74) is -0.227. The molecule has 0 bridgehead atoms. The van der Waals surface area contributed by atoms with E-state index in [9.17, 15) is 26.4 Å². The highest BCUT2D eigenvalue weighted by Crippen LogP contribution is 2.35. The third kappa shape index (κ3) is 5.24. The van der Waals surface area contributed by atoms with Crippen molar-refractivity contribution in [3.63, 3.8) is 0 Å². The fourth-order valence-electron chi connectivity index (χ4n) is 3.56. The molecule has 2 aromatic carbocycles. The van der Waals surface area contributed by atoms with E-state index in [1.807, 2.05) is 32.0 Å². The Morgan fingerprint density at radius 1 is 1.00 bits per heavy atom. The first-order chi connectivity index (χ1) is 15.0. The van der Waals surface area contributed by atoms with Crippen LogP contribution in [0.4, 0.5) is 13.2 Å². The lowest BCUT2D eigenvalue weighted by Gasteiger charge is -2.34. The summed E-state index contributed by atoms with van der Waals surface area (Å²) in [7, 11) is -4.35. The van der Waals surface area contributed by atoms with Gasteiger partial charge in [-0.15, -0.1) is 0 Å². The molecule has 0 unspecified atom stereocenters. The molecule has 1 amide bonds. The van der Waals surface area contributed by atoms with Gasteiger partial charge in [-0.1, -0.05) is 44.2 Å². The lowest BCUT2D eigenvalue weighted by Crippen LogP contribution is -2.51. The SMILES string of the molecule is CC(C)c1ccccc1OCC(=O)N1CCN(S(=O)(=O)c2ccccc2C(F)(F)F)CC1. The molecule has 6 nitrogen and oxygen atoms in total. The average Bonchev–Trinajstić information content (AvgIpc) is 2.77. The van der Waals surface area contributed by atoms with Crippen LogP contribution in [0.3, 0.4) is 0 Å². The molecule has 32 heavy (non-hydrogen) atoms. The molecule has 1 aliphatic heterocycles. The molecule has 0 radical (unpaired) electrons. The average molecular weight is 471 g/mol. The number of ether oxygens (including phenoxy) is 1. The maximum atomic E-state index is 13.3. The second-order valence-corrected chi connectivity index (χ2v) is 9.67. The van der Waals surface area contributed by atoms with Crippen LogP contribution in [0.25, 0.3) is 0 Å². The molecule has 10 heteroatoms. The van der Waals surface area contributed by atoms with Crippen LogP contribution in [0.5, 0.6) is 5.75 Å². The van der Waals surface area contributed by atoms with Gasteiger partial charge in [0.15, 0.2) is 6.61 Å². The topological polar surface area (TPSA) is 66.9 Å². The molecular weight excluding hydrogens is 445 g/mol. The Morgan fingerprint density at radius 3 is 2.22 bits per heavy atom. The quantitative estimate of drug-likeness (QED) is 0.645. The fraction of sp³-hybridized carbons (Fsp3) is 0.409. The largest absolute Gasteiger partial charge is 0.483 e. The minimum Gasteiger partial charge on any atom is -0.483 e. The molecule has 0 N–H and O–H groups in total. The first-order valence-corrected chi connectivity index (χ1v) is 11.6. The first kappa shape index (κ1) is 24.1. The number of hydrogen-bond acceptors (Lipinski definition) is 4. The van der Waals surface area contributed by atoms with Crippen molar-refractivity contribution in [1.29, 1.82) is 0 Å². The summed E-state index contributed by atoms with van der Waals surface area (Å²) in [4.78, 5) is 13.2. The number of hydrogen-bond donors (Lipinski definition) is 0. The van der Waals surface area contributed by atoms with E-state index in [0.717, 1.165) is 28.1 Å². The molecule has 0 spiro atoms. The smallest absolute Gasteiger partial charge is 0.417 e. The third-order valence-electron chi connectivity index (χ3n) is 5.29. The fourth-order valence-corrected chi connectivity index (χ4v) is 5.20. The van der Waals surface area contributed by atoms with Crippen molar-refractivity contribution in [1.82, 2.24) is 9.21 Å². The second-order valence-electron chi connectivity index (χ2n) is 7.76. The van der Waals surface area contributed by atoms with Crippen LogP contribution in [0.2, 0.25) is 0 Å². The van der Waals surface area contributed by atoms with Crippen LogP contribution in [0.1, 0.15) is 30.9 Å². The minimum atomic E-state index is -4.79. The number of alkyl halides is 3.